The molecule has 0 aliphatic rings. The molecule has 0 saturated heterocycles. The predicted molar refractivity (Wildman–Crippen MR) is 58.0 cm³/mol. The van der Waals surface area contributed by atoms with E-state index in [1.807, 2.05) is 17.5 Å². The second kappa shape index (κ2) is 3.34. The van der Waals surface area contributed by atoms with Gasteiger partial charge in [-0.3, -0.25) is 4.98 Å². The third kappa shape index (κ3) is 1.52. The molecule has 0 radical (unpaired) electrons. The number of aromatic nitrogens is 1. The molecule has 2 heterocycles. The first-order chi connectivity index (χ1) is 6.31. The van der Waals surface area contributed by atoms with E-state index < -0.39 is 0 Å². The quantitative estimate of drug-likeness (QED) is 0.794. The van der Waals surface area contributed by atoms with Gasteiger partial charge < -0.3 is 5.73 Å². The van der Waals surface area contributed by atoms with Crippen molar-refractivity contribution in [2.24, 2.45) is 0 Å². The van der Waals surface area contributed by atoms with E-state index in [2.05, 4.69) is 11.9 Å². The smallest absolute Gasteiger partial charge is 0.0833 e. The van der Waals surface area contributed by atoms with E-state index in [1.54, 1.807) is 11.3 Å². The predicted octanol–water partition coefficient (Wildman–Crippen LogP) is 2.83. The van der Waals surface area contributed by atoms with Gasteiger partial charge in [-0.25, -0.2) is 0 Å². The second-order valence-corrected chi connectivity index (χ2v) is 4.00. The van der Waals surface area contributed by atoms with Gasteiger partial charge in [-0.15, -0.1) is 11.3 Å². The van der Waals surface area contributed by atoms with Gasteiger partial charge >= 0.3 is 0 Å². The lowest BCUT2D eigenvalue weighted by Gasteiger charge is -2.00. The zero-order valence-electron chi connectivity index (χ0n) is 7.58. The molecule has 2 N–H and O–H groups in total. The molecule has 0 amide bonds. The number of hydrogen-bond donors (Lipinski definition) is 1. The van der Waals surface area contributed by atoms with Crippen LogP contribution in [0.4, 0.5) is 5.69 Å². The van der Waals surface area contributed by atoms with Crippen LogP contribution in [0.15, 0.2) is 17.5 Å². The van der Waals surface area contributed by atoms with Crippen LogP contribution in [-0.2, 0) is 6.42 Å². The average Bonchev–Trinajstić information content (AvgIpc) is 2.53. The molecule has 0 aliphatic heterocycles. The molecule has 0 atom stereocenters. The van der Waals surface area contributed by atoms with E-state index >= 15 is 0 Å². The molecule has 0 aromatic carbocycles. The molecule has 0 spiro atoms. The molecule has 0 aliphatic carbocycles. The fraction of sp³-hybridized carbons (Fsp3) is 0.300. The Kier molecular flexibility index (Phi) is 2.19. The number of thiophene rings is 1. The fourth-order valence-electron chi connectivity index (χ4n) is 1.42. The van der Waals surface area contributed by atoms with Crippen LogP contribution in [0.3, 0.4) is 0 Å². The van der Waals surface area contributed by atoms with E-state index in [0.717, 1.165) is 34.4 Å². The van der Waals surface area contributed by atoms with Gasteiger partial charge in [0.15, 0.2) is 0 Å². The number of pyridine rings is 1. The number of aryl methyl sites for hydroxylation is 1. The van der Waals surface area contributed by atoms with Gasteiger partial charge in [-0.2, -0.15) is 0 Å². The minimum absolute atomic E-state index is 0.864. The Hall–Kier alpha value is -1.09. The highest BCUT2D eigenvalue weighted by Crippen LogP contribution is 2.26. The van der Waals surface area contributed by atoms with E-state index in [0.29, 0.717) is 0 Å². The van der Waals surface area contributed by atoms with Crippen LogP contribution in [0, 0.1) is 0 Å². The molecule has 2 nitrogen and oxygen atoms in total. The van der Waals surface area contributed by atoms with Crippen LogP contribution in [0.1, 0.15) is 19.0 Å². The van der Waals surface area contributed by atoms with Crippen molar-refractivity contribution in [2.45, 2.75) is 19.8 Å². The summed E-state index contributed by atoms with van der Waals surface area (Å²) in [6.45, 7) is 2.15. The number of nitrogens with zero attached hydrogens (tertiary/aromatic N) is 1. The maximum atomic E-state index is 5.90. The summed E-state index contributed by atoms with van der Waals surface area (Å²) in [5, 5.41) is 2.03. The zero-order chi connectivity index (χ0) is 9.26. The maximum Gasteiger partial charge on any atom is 0.0833 e. The lowest BCUT2D eigenvalue weighted by Crippen LogP contribution is -1.93. The monoisotopic (exact) mass is 192 g/mol. The lowest BCUT2D eigenvalue weighted by atomic mass is 10.2. The van der Waals surface area contributed by atoms with Gasteiger partial charge in [0, 0.05) is 5.69 Å². The minimum Gasteiger partial charge on any atom is -0.397 e. The van der Waals surface area contributed by atoms with Crippen molar-refractivity contribution in [2.75, 3.05) is 5.73 Å². The van der Waals surface area contributed by atoms with Crippen molar-refractivity contribution < 1.29 is 0 Å². The van der Waals surface area contributed by atoms with Crippen molar-refractivity contribution >= 4 is 27.2 Å². The summed E-state index contributed by atoms with van der Waals surface area (Å²) in [6, 6.07) is 4.01. The molecule has 0 bridgehead atoms. The van der Waals surface area contributed by atoms with Crippen LogP contribution in [0.25, 0.3) is 10.2 Å². The number of hydrogen-bond acceptors (Lipinski definition) is 3. The SMILES string of the molecule is CCCc1cc(N)c2sccc2n1. The summed E-state index contributed by atoms with van der Waals surface area (Å²) in [6.07, 6.45) is 2.12. The lowest BCUT2D eigenvalue weighted by molar-refractivity contribution is 0.891. The number of rotatable bonds is 2. The van der Waals surface area contributed by atoms with Gasteiger partial charge in [0.1, 0.15) is 0 Å². The summed E-state index contributed by atoms with van der Waals surface area (Å²) in [7, 11) is 0. The van der Waals surface area contributed by atoms with Crippen LogP contribution in [0.2, 0.25) is 0 Å². The van der Waals surface area contributed by atoms with Gasteiger partial charge in [0.25, 0.3) is 0 Å². The number of nitrogens with two attached hydrogens (primary N) is 1. The summed E-state index contributed by atoms with van der Waals surface area (Å²) < 4.78 is 1.11. The Morgan fingerprint density at radius 2 is 2.38 bits per heavy atom. The summed E-state index contributed by atoms with van der Waals surface area (Å²) in [4.78, 5) is 4.52. The first-order valence-corrected chi connectivity index (χ1v) is 5.32. The van der Waals surface area contributed by atoms with Crippen LogP contribution in [-0.4, -0.2) is 4.98 Å². The van der Waals surface area contributed by atoms with Gasteiger partial charge in [-0.1, -0.05) is 13.3 Å². The summed E-state index contributed by atoms with van der Waals surface area (Å²) in [5.41, 5.74) is 8.90. The molecule has 0 fully saturated rings. The Labute approximate surface area is 81.4 Å². The Morgan fingerprint density at radius 3 is 3.15 bits per heavy atom. The van der Waals surface area contributed by atoms with Crippen molar-refractivity contribution in [3.63, 3.8) is 0 Å². The molecular weight excluding hydrogens is 180 g/mol. The second-order valence-electron chi connectivity index (χ2n) is 3.09. The maximum absolute atomic E-state index is 5.90. The zero-order valence-corrected chi connectivity index (χ0v) is 8.40. The van der Waals surface area contributed by atoms with Crippen molar-refractivity contribution in [3.05, 3.63) is 23.2 Å². The van der Waals surface area contributed by atoms with Crippen molar-refractivity contribution in [1.29, 1.82) is 0 Å². The largest absolute Gasteiger partial charge is 0.397 e. The Morgan fingerprint density at radius 1 is 1.54 bits per heavy atom. The fourth-order valence-corrected chi connectivity index (χ4v) is 2.19. The van der Waals surface area contributed by atoms with Gasteiger partial charge in [0.2, 0.25) is 0 Å². The van der Waals surface area contributed by atoms with Crippen molar-refractivity contribution in [3.8, 4) is 0 Å². The summed E-state index contributed by atoms with van der Waals surface area (Å²) in [5.74, 6) is 0. The number of anilines is 1. The third-order valence-electron chi connectivity index (χ3n) is 2.00. The average molecular weight is 192 g/mol. The van der Waals surface area contributed by atoms with Crippen LogP contribution in [0.5, 0.6) is 0 Å². The van der Waals surface area contributed by atoms with E-state index in [9.17, 15) is 0 Å². The first-order valence-electron chi connectivity index (χ1n) is 4.44. The molecule has 0 saturated carbocycles. The number of fused-ring (bicyclic) bond motifs is 1. The van der Waals surface area contributed by atoms with E-state index in [1.165, 1.54) is 0 Å². The normalized spacial score (nSPS) is 10.8. The first kappa shape index (κ1) is 8.51. The number of nitrogen functional groups attached to an aromatic ring is 1. The standard InChI is InChI=1S/C10H12N2S/c1-2-3-7-6-8(11)10-9(12-7)4-5-13-10/h4-6H,2-3H2,1H3,(H2,11,12). The molecule has 13 heavy (non-hydrogen) atoms. The van der Waals surface area contributed by atoms with Gasteiger partial charge in [-0.05, 0) is 23.9 Å². The van der Waals surface area contributed by atoms with Crippen LogP contribution >= 0.6 is 11.3 Å². The molecular formula is C10H12N2S. The minimum atomic E-state index is 0.864. The molecule has 2 aromatic rings. The molecule has 0 unspecified atom stereocenters. The topological polar surface area (TPSA) is 38.9 Å². The van der Waals surface area contributed by atoms with Crippen LogP contribution < -0.4 is 5.73 Å². The van der Waals surface area contributed by atoms with E-state index in [4.69, 9.17) is 5.73 Å². The third-order valence-corrected chi connectivity index (χ3v) is 2.95. The highest BCUT2D eigenvalue weighted by Gasteiger charge is 2.03. The molecule has 2 aromatic heterocycles. The van der Waals surface area contributed by atoms with E-state index in [-0.39, 0.29) is 0 Å². The highest BCUT2D eigenvalue weighted by atomic mass is 32.1. The Bertz CT molecular complexity index is 420. The highest BCUT2D eigenvalue weighted by molar-refractivity contribution is 7.17. The molecule has 68 valence electrons. The Balaban J connectivity index is 2.56. The van der Waals surface area contributed by atoms with Gasteiger partial charge in [0.05, 0.1) is 15.9 Å². The summed E-state index contributed by atoms with van der Waals surface area (Å²) >= 11 is 1.65. The molecule has 2 rings (SSSR count). The van der Waals surface area contributed by atoms with Crippen molar-refractivity contribution in [1.82, 2.24) is 4.98 Å². The molecule has 3 heteroatoms.